The molecule has 1 aromatic carbocycles. The molecule has 0 bridgehead atoms. The fraction of sp³-hybridized carbons (Fsp3) is 0.600. The smallest absolute Gasteiger partial charge is 0.329 e. The zero-order chi connectivity index (χ0) is 15.5. The lowest BCUT2D eigenvalue weighted by Crippen LogP contribution is -2.32. The second-order valence-corrected chi connectivity index (χ2v) is 6.77. The minimum absolute atomic E-state index is 0.00358. The van der Waals surface area contributed by atoms with E-state index < -0.39 is 5.51 Å². The molecule has 1 aliphatic carbocycles. The Labute approximate surface area is 127 Å². The van der Waals surface area contributed by atoms with Crippen molar-refractivity contribution in [1.29, 1.82) is 0 Å². The maximum atomic E-state index is 12.3. The molecular weight excluding hydrogens is 297 g/mol. The molecule has 1 fully saturated rings. The highest BCUT2D eigenvalue weighted by atomic mass is 32.2. The molecule has 0 aromatic heterocycles. The summed E-state index contributed by atoms with van der Waals surface area (Å²) in [5.41, 5.74) is 2.47. The Morgan fingerprint density at radius 2 is 1.90 bits per heavy atom. The van der Waals surface area contributed by atoms with Crippen LogP contribution in [0.25, 0.3) is 0 Å². The molecule has 0 aliphatic heterocycles. The molecule has 21 heavy (non-hydrogen) atoms. The Bertz CT molecular complexity index is 443. The van der Waals surface area contributed by atoms with Gasteiger partial charge >= 0.3 is 5.51 Å². The highest BCUT2D eigenvalue weighted by molar-refractivity contribution is 8.00. The quantitative estimate of drug-likeness (QED) is 0.748. The summed E-state index contributed by atoms with van der Waals surface area (Å²) in [5, 5.41) is 3.42. The van der Waals surface area contributed by atoms with Gasteiger partial charge in [0.1, 0.15) is 0 Å². The van der Waals surface area contributed by atoms with Crippen molar-refractivity contribution in [2.75, 3.05) is 13.1 Å². The van der Waals surface area contributed by atoms with E-state index in [9.17, 15) is 13.2 Å². The number of nitrogens with one attached hydrogen (secondary N) is 1. The van der Waals surface area contributed by atoms with Gasteiger partial charge in [-0.15, -0.1) is 0 Å². The van der Waals surface area contributed by atoms with Gasteiger partial charge in [0.2, 0.25) is 0 Å². The summed E-state index contributed by atoms with van der Waals surface area (Å²) < 4.78 is 36.9. The molecule has 1 aliphatic rings. The predicted molar refractivity (Wildman–Crippen MR) is 80.0 cm³/mol. The standard InChI is InChI=1S/C15H21F3N2S/c1-10(11-2-3-11)9-20-14(8-19)12-4-6-13(7-5-12)21-15(16,17)18/h4-7,10-11,14,20H,2-3,8-9,19H2,1H3. The molecular formula is C15H21F3N2S. The second-order valence-electron chi connectivity index (χ2n) is 5.63. The van der Waals surface area contributed by atoms with Crippen LogP contribution in [0.3, 0.4) is 0 Å². The summed E-state index contributed by atoms with van der Waals surface area (Å²) in [4.78, 5) is 0.202. The molecule has 0 radical (unpaired) electrons. The highest BCUT2D eigenvalue weighted by Crippen LogP contribution is 2.37. The first-order chi connectivity index (χ1) is 9.89. The minimum atomic E-state index is -4.24. The van der Waals surface area contributed by atoms with E-state index in [2.05, 4.69) is 12.2 Å². The molecule has 3 N–H and O–H groups in total. The van der Waals surface area contributed by atoms with Crippen LogP contribution in [-0.2, 0) is 0 Å². The molecule has 118 valence electrons. The molecule has 2 rings (SSSR count). The van der Waals surface area contributed by atoms with Crippen molar-refractivity contribution in [2.45, 2.75) is 36.2 Å². The molecule has 0 saturated heterocycles. The third-order valence-electron chi connectivity index (χ3n) is 3.86. The Hall–Kier alpha value is -0.720. The molecule has 0 amide bonds. The molecule has 2 atom stereocenters. The van der Waals surface area contributed by atoms with Gasteiger partial charge in [-0.05, 0) is 60.7 Å². The first-order valence-corrected chi connectivity index (χ1v) is 8.00. The van der Waals surface area contributed by atoms with Crippen LogP contribution >= 0.6 is 11.8 Å². The zero-order valence-corrected chi connectivity index (χ0v) is 12.8. The number of hydrogen-bond donors (Lipinski definition) is 2. The largest absolute Gasteiger partial charge is 0.446 e. The van der Waals surface area contributed by atoms with Gasteiger partial charge in [0.15, 0.2) is 0 Å². The van der Waals surface area contributed by atoms with Crippen molar-refractivity contribution in [3.63, 3.8) is 0 Å². The fourth-order valence-electron chi connectivity index (χ4n) is 2.40. The summed E-state index contributed by atoms with van der Waals surface area (Å²) in [6.45, 7) is 3.55. The van der Waals surface area contributed by atoms with E-state index in [0.29, 0.717) is 12.5 Å². The predicted octanol–water partition coefficient (Wildman–Crippen LogP) is 3.93. The molecule has 2 unspecified atom stereocenters. The van der Waals surface area contributed by atoms with Gasteiger partial charge in [-0.2, -0.15) is 13.2 Å². The van der Waals surface area contributed by atoms with E-state index >= 15 is 0 Å². The third kappa shape index (κ3) is 5.52. The van der Waals surface area contributed by atoms with E-state index in [1.165, 1.54) is 25.0 Å². The highest BCUT2D eigenvalue weighted by Gasteiger charge is 2.29. The van der Waals surface area contributed by atoms with Crippen molar-refractivity contribution < 1.29 is 13.2 Å². The van der Waals surface area contributed by atoms with Gasteiger partial charge in [-0.1, -0.05) is 19.1 Å². The lowest BCUT2D eigenvalue weighted by Gasteiger charge is -2.20. The Balaban J connectivity index is 1.91. The first-order valence-electron chi connectivity index (χ1n) is 7.18. The van der Waals surface area contributed by atoms with Gasteiger partial charge in [0.05, 0.1) is 0 Å². The second kappa shape index (κ2) is 7.03. The number of thioether (sulfide) groups is 1. The number of hydrogen-bond acceptors (Lipinski definition) is 3. The van der Waals surface area contributed by atoms with Crippen molar-refractivity contribution in [3.8, 4) is 0 Å². The van der Waals surface area contributed by atoms with E-state index in [-0.39, 0.29) is 22.7 Å². The van der Waals surface area contributed by atoms with Gasteiger partial charge in [0.25, 0.3) is 0 Å². The van der Waals surface area contributed by atoms with Crippen LogP contribution in [0.1, 0.15) is 31.4 Å². The van der Waals surface area contributed by atoms with Gasteiger partial charge in [-0.25, -0.2) is 0 Å². The van der Waals surface area contributed by atoms with Gasteiger partial charge in [0, 0.05) is 17.5 Å². The van der Waals surface area contributed by atoms with Gasteiger partial charge in [-0.3, -0.25) is 0 Å². The van der Waals surface area contributed by atoms with Crippen LogP contribution in [-0.4, -0.2) is 18.6 Å². The lowest BCUT2D eigenvalue weighted by molar-refractivity contribution is -0.0328. The molecule has 1 saturated carbocycles. The Morgan fingerprint density at radius 3 is 2.38 bits per heavy atom. The molecule has 2 nitrogen and oxygen atoms in total. The fourth-order valence-corrected chi connectivity index (χ4v) is 2.94. The van der Waals surface area contributed by atoms with Crippen LogP contribution < -0.4 is 11.1 Å². The summed E-state index contributed by atoms with van der Waals surface area (Å²) >= 11 is -0.0925. The van der Waals surface area contributed by atoms with Crippen LogP contribution in [0.15, 0.2) is 29.2 Å². The Kier molecular flexibility index (Phi) is 5.57. The summed E-state index contributed by atoms with van der Waals surface area (Å²) in [7, 11) is 0. The summed E-state index contributed by atoms with van der Waals surface area (Å²) in [6.07, 6.45) is 2.61. The third-order valence-corrected chi connectivity index (χ3v) is 4.60. The van der Waals surface area contributed by atoms with Crippen molar-refractivity contribution in [2.24, 2.45) is 17.6 Å². The van der Waals surface area contributed by atoms with E-state index in [0.717, 1.165) is 18.0 Å². The van der Waals surface area contributed by atoms with Gasteiger partial charge < -0.3 is 11.1 Å². The van der Waals surface area contributed by atoms with E-state index in [1.54, 1.807) is 12.1 Å². The first kappa shape index (κ1) is 16.6. The van der Waals surface area contributed by atoms with Crippen molar-refractivity contribution in [1.82, 2.24) is 5.32 Å². The number of alkyl halides is 3. The normalized spacial score (nSPS) is 18.5. The number of nitrogens with two attached hydrogens (primary N) is 1. The minimum Gasteiger partial charge on any atom is -0.329 e. The zero-order valence-electron chi connectivity index (χ0n) is 12.0. The van der Waals surface area contributed by atoms with Crippen LogP contribution in [0, 0.1) is 11.8 Å². The average molecular weight is 318 g/mol. The van der Waals surface area contributed by atoms with E-state index in [1.807, 2.05) is 0 Å². The molecule has 6 heteroatoms. The van der Waals surface area contributed by atoms with Crippen LogP contribution in [0.4, 0.5) is 13.2 Å². The van der Waals surface area contributed by atoms with Crippen LogP contribution in [0.5, 0.6) is 0 Å². The monoisotopic (exact) mass is 318 g/mol. The number of halogens is 3. The van der Waals surface area contributed by atoms with Crippen molar-refractivity contribution >= 4 is 11.8 Å². The topological polar surface area (TPSA) is 38.0 Å². The SMILES string of the molecule is CC(CNC(CN)c1ccc(SC(F)(F)F)cc1)C1CC1. The number of rotatable bonds is 7. The summed E-state index contributed by atoms with van der Waals surface area (Å²) in [5.74, 6) is 1.44. The maximum absolute atomic E-state index is 12.3. The molecule has 1 aromatic rings. The molecule has 0 heterocycles. The molecule has 0 spiro atoms. The van der Waals surface area contributed by atoms with E-state index in [4.69, 9.17) is 5.73 Å². The average Bonchev–Trinajstić information content (AvgIpc) is 3.23. The summed E-state index contributed by atoms with van der Waals surface area (Å²) in [6, 6.07) is 6.45. The Morgan fingerprint density at radius 1 is 1.29 bits per heavy atom. The van der Waals surface area contributed by atoms with Crippen LogP contribution in [0.2, 0.25) is 0 Å². The van der Waals surface area contributed by atoms with Crippen molar-refractivity contribution in [3.05, 3.63) is 29.8 Å². The lowest BCUT2D eigenvalue weighted by atomic mass is 10.0. The maximum Gasteiger partial charge on any atom is 0.446 e. The number of benzene rings is 1.